The van der Waals surface area contributed by atoms with Crippen LogP contribution in [0.1, 0.15) is 23.9 Å². The summed E-state index contributed by atoms with van der Waals surface area (Å²) in [6.07, 6.45) is 0. The van der Waals surface area contributed by atoms with Crippen molar-refractivity contribution in [2.24, 2.45) is 0 Å². The van der Waals surface area contributed by atoms with E-state index >= 15 is 0 Å². The third kappa shape index (κ3) is 5.13. The lowest BCUT2D eigenvalue weighted by atomic mass is 10.2. The van der Waals surface area contributed by atoms with Crippen molar-refractivity contribution in [2.75, 3.05) is 13.7 Å². The summed E-state index contributed by atoms with van der Waals surface area (Å²) in [5.74, 6) is 0.220. The van der Waals surface area contributed by atoms with Gasteiger partial charge in [0.05, 0.1) is 18.2 Å². The molecule has 0 spiro atoms. The Labute approximate surface area is 155 Å². The molecule has 2 aromatic rings. The van der Waals surface area contributed by atoms with Gasteiger partial charge in [0.2, 0.25) is 0 Å². The van der Waals surface area contributed by atoms with Crippen molar-refractivity contribution < 1.29 is 23.2 Å². The van der Waals surface area contributed by atoms with E-state index in [9.17, 15) is 18.9 Å². The first-order valence-electron chi connectivity index (χ1n) is 8.30. The van der Waals surface area contributed by atoms with Gasteiger partial charge in [-0.15, -0.1) is 0 Å². The highest BCUT2D eigenvalue weighted by atomic mass is 19.3. The van der Waals surface area contributed by atoms with E-state index < -0.39 is 11.5 Å². The first-order valence-corrected chi connectivity index (χ1v) is 8.30. The Balaban J connectivity index is 2.13. The number of hydrogen-bond acceptors (Lipinski definition) is 6. The number of nitro groups is 1. The molecule has 0 bridgehead atoms. The Morgan fingerprint density at radius 1 is 1.33 bits per heavy atom. The van der Waals surface area contributed by atoms with Crippen LogP contribution in [0.5, 0.6) is 11.5 Å². The monoisotopic (exact) mass is 384 g/mol. The van der Waals surface area contributed by atoms with Crippen LogP contribution in [0.25, 0.3) is 0 Å². The molecule has 0 aliphatic carbocycles. The molecule has 1 aromatic carbocycles. The van der Waals surface area contributed by atoms with Crippen molar-refractivity contribution in [3.63, 3.8) is 0 Å². The maximum atomic E-state index is 12.5. The predicted octanol–water partition coefficient (Wildman–Crippen LogP) is 3.50. The van der Waals surface area contributed by atoms with Gasteiger partial charge in [-0.05, 0) is 45.5 Å². The van der Waals surface area contributed by atoms with E-state index in [1.54, 1.807) is 37.6 Å². The van der Waals surface area contributed by atoms with E-state index in [-0.39, 0.29) is 17.2 Å². The normalized spacial score (nSPS) is 11.3. The van der Waals surface area contributed by atoms with Crippen LogP contribution in [0.15, 0.2) is 18.2 Å². The highest BCUT2D eigenvalue weighted by Gasteiger charge is 2.22. The van der Waals surface area contributed by atoms with Gasteiger partial charge < -0.3 is 9.47 Å². The van der Waals surface area contributed by atoms with Crippen molar-refractivity contribution in [1.82, 2.24) is 14.7 Å². The minimum atomic E-state index is -2.93. The van der Waals surface area contributed by atoms with Crippen LogP contribution in [0.2, 0.25) is 0 Å². The summed E-state index contributed by atoms with van der Waals surface area (Å²) in [6, 6.07) is 4.75. The average molecular weight is 384 g/mol. The molecule has 0 saturated carbocycles. The number of benzene rings is 1. The van der Waals surface area contributed by atoms with E-state index in [1.165, 1.54) is 6.07 Å². The van der Waals surface area contributed by atoms with Gasteiger partial charge in [-0.3, -0.25) is 15.0 Å². The van der Waals surface area contributed by atoms with Crippen LogP contribution in [0.3, 0.4) is 0 Å². The summed E-state index contributed by atoms with van der Waals surface area (Å²) in [6.45, 7) is 3.17. The van der Waals surface area contributed by atoms with Crippen molar-refractivity contribution in [1.29, 1.82) is 0 Å². The van der Waals surface area contributed by atoms with E-state index in [0.717, 1.165) is 5.56 Å². The topological polar surface area (TPSA) is 82.7 Å². The summed E-state index contributed by atoms with van der Waals surface area (Å²) >= 11 is 0. The Bertz CT molecular complexity index is 810. The number of alkyl halides is 2. The van der Waals surface area contributed by atoms with Gasteiger partial charge in [0.15, 0.2) is 11.5 Å². The zero-order valence-electron chi connectivity index (χ0n) is 15.6. The SMILES string of the molecule is CCOc1cc(CN(C)Cn2nc(C)c([N+](=O)[O-])c2C)ccc1OC(F)F. The molecule has 0 aliphatic heterocycles. The van der Waals surface area contributed by atoms with Crippen molar-refractivity contribution in [3.8, 4) is 11.5 Å². The van der Waals surface area contributed by atoms with Crippen molar-refractivity contribution in [2.45, 2.75) is 40.6 Å². The second kappa shape index (κ2) is 8.76. The zero-order chi connectivity index (χ0) is 20.1. The number of hydrogen-bond donors (Lipinski definition) is 0. The van der Waals surface area contributed by atoms with Crippen LogP contribution in [-0.2, 0) is 13.2 Å². The highest BCUT2D eigenvalue weighted by Crippen LogP contribution is 2.30. The molecule has 1 heterocycles. The van der Waals surface area contributed by atoms with E-state index in [2.05, 4.69) is 9.84 Å². The van der Waals surface area contributed by atoms with Gasteiger partial charge in [-0.25, -0.2) is 4.68 Å². The first kappa shape index (κ1) is 20.6. The number of aryl methyl sites for hydroxylation is 1. The quantitative estimate of drug-likeness (QED) is 0.486. The molecule has 0 amide bonds. The fourth-order valence-electron chi connectivity index (χ4n) is 2.79. The average Bonchev–Trinajstić information content (AvgIpc) is 2.83. The third-order valence-electron chi connectivity index (χ3n) is 3.88. The van der Waals surface area contributed by atoms with Gasteiger partial charge in [-0.2, -0.15) is 13.9 Å². The minimum Gasteiger partial charge on any atom is -0.490 e. The largest absolute Gasteiger partial charge is 0.490 e. The molecule has 0 aliphatic rings. The standard InChI is InChI=1S/C17H22F2N4O4/c1-5-26-15-8-13(6-7-14(15)27-17(18)19)9-21(4)10-22-12(3)16(23(24)25)11(2)20-22/h6-8,17H,5,9-10H2,1-4H3. The van der Waals surface area contributed by atoms with Crippen LogP contribution in [0, 0.1) is 24.0 Å². The van der Waals surface area contributed by atoms with Crippen LogP contribution < -0.4 is 9.47 Å². The molecule has 10 heteroatoms. The fraction of sp³-hybridized carbons (Fsp3) is 0.471. The molecule has 1 aromatic heterocycles. The van der Waals surface area contributed by atoms with Crippen LogP contribution in [-0.4, -0.2) is 39.9 Å². The van der Waals surface area contributed by atoms with Gasteiger partial charge in [0.25, 0.3) is 0 Å². The highest BCUT2D eigenvalue weighted by molar-refractivity contribution is 5.43. The second-order valence-electron chi connectivity index (χ2n) is 6.02. The lowest BCUT2D eigenvalue weighted by molar-refractivity contribution is -0.386. The lowest BCUT2D eigenvalue weighted by Gasteiger charge is -2.19. The molecule has 0 unspecified atom stereocenters. The molecule has 148 valence electrons. The summed E-state index contributed by atoms with van der Waals surface area (Å²) in [5, 5.41) is 15.3. The molecule has 0 saturated heterocycles. The Hall–Kier alpha value is -2.75. The van der Waals surface area contributed by atoms with Gasteiger partial charge in [-0.1, -0.05) is 6.07 Å². The second-order valence-corrected chi connectivity index (χ2v) is 6.02. The van der Waals surface area contributed by atoms with E-state index in [1.807, 2.05) is 11.9 Å². The number of nitrogens with zero attached hydrogens (tertiary/aromatic N) is 4. The lowest BCUT2D eigenvalue weighted by Crippen LogP contribution is -2.23. The van der Waals surface area contributed by atoms with Crippen LogP contribution in [0.4, 0.5) is 14.5 Å². The Morgan fingerprint density at radius 2 is 2.04 bits per heavy atom. The summed E-state index contributed by atoms with van der Waals surface area (Å²) in [5.41, 5.74) is 1.66. The molecule has 27 heavy (non-hydrogen) atoms. The minimum absolute atomic E-state index is 0.00975. The smallest absolute Gasteiger partial charge is 0.387 e. The maximum Gasteiger partial charge on any atom is 0.387 e. The Kier molecular flexibility index (Phi) is 6.67. The molecular formula is C17H22F2N4O4. The van der Waals surface area contributed by atoms with Gasteiger partial charge >= 0.3 is 12.3 Å². The van der Waals surface area contributed by atoms with Gasteiger partial charge in [0, 0.05) is 6.54 Å². The molecule has 0 N–H and O–H groups in total. The molecular weight excluding hydrogens is 362 g/mol. The van der Waals surface area contributed by atoms with Crippen molar-refractivity contribution in [3.05, 3.63) is 45.3 Å². The zero-order valence-corrected chi connectivity index (χ0v) is 15.6. The number of halogens is 2. The third-order valence-corrected chi connectivity index (χ3v) is 3.88. The van der Waals surface area contributed by atoms with E-state index in [0.29, 0.717) is 31.2 Å². The number of rotatable bonds is 9. The first-order chi connectivity index (χ1) is 12.7. The maximum absolute atomic E-state index is 12.5. The molecule has 2 rings (SSSR count). The molecule has 0 radical (unpaired) electrons. The predicted molar refractivity (Wildman–Crippen MR) is 94.1 cm³/mol. The Morgan fingerprint density at radius 3 is 2.59 bits per heavy atom. The summed E-state index contributed by atoms with van der Waals surface area (Å²) in [7, 11) is 1.83. The summed E-state index contributed by atoms with van der Waals surface area (Å²) in [4.78, 5) is 12.6. The van der Waals surface area contributed by atoms with Gasteiger partial charge in [0.1, 0.15) is 11.4 Å². The van der Waals surface area contributed by atoms with Crippen LogP contribution >= 0.6 is 0 Å². The fourth-order valence-corrected chi connectivity index (χ4v) is 2.79. The molecule has 0 atom stereocenters. The number of ether oxygens (including phenoxy) is 2. The summed E-state index contributed by atoms with van der Waals surface area (Å²) < 4.78 is 36.4. The molecule has 0 fully saturated rings. The molecule has 8 nitrogen and oxygen atoms in total. The van der Waals surface area contributed by atoms with E-state index in [4.69, 9.17) is 4.74 Å². The van der Waals surface area contributed by atoms with Crippen molar-refractivity contribution >= 4 is 5.69 Å². The number of aromatic nitrogens is 2.